The number of rotatable bonds is 3. The van der Waals surface area contributed by atoms with Gasteiger partial charge in [-0.25, -0.2) is 0 Å². The highest BCUT2D eigenvalue weighted by molar-refractivity contribution is 7.80. The van der Waals surface area contributed by atoms with Crippen molar-refractivity contribution in [2.45, 2.75) is 13.5 Å². The molecule has 66 valence electrons. The molecular weight excluding hydrogens is 188 g/mol. The molecule has 0 saturated heterocycles. The van der Waals surface area contributed by atoms with Crippen LogP contribution in [0.4, 0.5) is 0 Å². The quantitative estimate of drug-likeness (QED) is 0.727. The summed E-state index contributed by atoms with van der Waals surface area (Å²) in [5.74, 6) is 0. The Hall–Kier alpha value is -0.610. The summed E-state index contributed by atoms with van der Waals surface area (Å²) in [5, 5.41) is 8.94. The van der Waals surface area contributed by atoms with Crippen molar-refractivity contribution in [3.05, 3.63) is 22.4 Å². The van der Waals surface area contributed by atoms with E-state index < -0.39 is 0 Å². The SMILES string of the molecule is CCNC(=S)NCc1cccs1. The normalized spacial score (nSPS) is 9.42. The van der Waals surface area contributed by atoms with Crippen LogP contribution in [0.15, 0.2) is 17.5 Å². The van der Waals surface area contributed by atoms with Gasteiger partial charge >= 0.3 is 0 Å². The van der Waals surface area contributed by atoms with Gasteiger partial charge in [0, 0.05) is 11.4 Å². The van der Waals surface area contributed by atoms with Gasteiger partial charge in [0.25, 0.3) is 0 Å². The molecule has 0 aromatic carbocycles. The molecule has 2 N–H and O–H groups in total. The molecule has 0 radical (unpaired) electrons. The van der Waals surface area contributed by atoms with Crippen molar-refractivity contribution in [2.24, 2.45) is 0 Å². The van der Waals surface area contributed by atoms with Crippen molar-refractivity contribution in [1.29, 1.82) is 0 Å². The van der Waals surface area contributed by atoms with E-state index in [1.54, 1.807) is 11.3 Å². The number of nitrogens with one attached hydrogen (secondary N) is 2. The topological polar surface area (TPSA) is 24.1 Å². The predicted octanol–water partition coefficient (Wildman–Crippen LogP) is 1.73. The third-order valence-corrected chi connectivity index (χ3v) is 2.51. The van der Waals surface area contributed by atoms with Gasteiger partial charge in [-0.05, 0) is 30.6 Å². The second-order valence-corrected chi connectivity index (χ2v) is 3.73. The van der Waals surface area contributed by atoms with E-state index in [1.807, 2.05) is 13.0 Å². The molecule has 0 aliphatic carbocycles. The Morgan fingerprint density at radius 3 is 3.00 bits per heavy atom. The van der Waals surface area contributed by atoms with Crippen LogP contribution in [0.25, 0.3) is 0 Å². The summed E-state index contributed by atoms with van der Waals surface area (Å²) in [5.41, 5.74) is 0. The van der Waals surface area contributed by atoms with Crippen molar-refractivity contribution >= 4 is 28.7 Å². The molecule has 0 amide bonds. The maximum Gasteiger partial charge on any atom is 0.166 e. The fourth-order valence-corrected chi connectivity index (χ4v) is 1.66. The number of hydrogen-bond acceptors (Lipinski definition) is 2. The van der Waals surface area contributed by atoms with Gasteiger partial charge in [0.2, 0.25) is 0 Å². The first-order chi connectivity index (χ1) is 5.83. The van der Waals surface area contributed by atoms with Crippen molar-refractivity contribution < 1.29 is 0 Å². The molecule has 0 saturated carbocycles. The molecule has 0 aliphatic heterocycles. The molecule has 2 nitrogen and oxygen atoms in total. The van der Waals surface area contributed by atoms with Gasteiger partial charge in [0.15, 0.2) is 5.11 Å². The number of thiophene rings is 1. The third kappa shape index (κ3) is 3.19. The minimum atomic E-state index is 0.728. The Bertz CT molecular complexity index is 231. The zero-order valence-electron chi connectivity index (χ0n) is 6.96. The Labute approximate surface area is 82.0 Å². The van der Waals surface area contributed by atoms with E-state index in [4.69, 9.17) is 12.2 Å². The lowest BCUT2D eigenvalue weighted by molar-refractivity contribution is 0.864. The first kappa shape index (κ1) is 9.48. The molecule has 1 rings (SSSR count). The van der Waals surface area contributed by atoms with E-state index in [2.05, 4.69) is 22.1 Å². The summed E-state index contributed by atoms with van der Waals surface area (Å²) in [4.78, 5) is 1.30. The lowest BCUT2D eigenvalue weighted by Gasteiger charge is -2.06. The maximum atomic E-state index is 5.01. The van der Waals surface area contributed by atoms with Gasteiger partial charge in [-0.15, -0.1) is 11.3 Å². The fraction of sp³-hybridized carbons (Fsp3) is 0.375. The van der Waals surface area contributed by atoms with Crippen molar-refractivity contribution in [3.8, 4) is 0 Å². The Morgan fingerprint density at radius 1 is 1.58 bits per heavy atom. The van der Waals surface area contributed by atoms with Crippen molar-refractivity contribution in [3.63, 3.8) is 0 Å². The third-order valence-electron chi connectivity index (χ3n) is 1.34. The summed E-state index contributed by atoms with van der Waals surface area (Å²) in [7, 11) is 0. The van der Waals surface area contributed by atoms with E-state index in [-0.39, 0.29) is 0 Å². The summed E-state index contributed by atoms with van der Waals surface area (Å²) >= 11 is 6.74. The second kappa shape index (κ2) is 5.11. The van der Waals surface area contributed by atoms with E-state index in [0.29, 0.717) is 0 Å². The summed E-state index contributed by atoms with van der Waals surface area (Å²) < 4.78 is 0. The van der Waals surface area contributed by atoms with Gasteiger partial charge in [-0.2, -0.15) is 0 Å². The Morgan fingerprint density at radius 2 is 2.42 bits per heavy atom. The Balaban J connectivity index is 2.22. The lowest BCUT2D eigenvalue weighted by Crippen LogP contribution is -2.34. The number of thiocarbonyl (C=S) groups is 1. The van der Waals surface area contributed by atoms with Gasteiger partial charge in [0.05, 0.1) is 6.54 Å². The first-order valence-corrected chi connectivity index (χ1v) is 5.15. The maximum absolute atomic E-state index is 5.01. The second-order valence-electron chi connectivity index (χ2n) is 2.29. The zero-order valence-corrected chi connectivity index (χ0v) is 8.60. The van der Waals surface area contributed by atoms with E-state index in [9.17, 15) is 0 Å². The molecule has 12 heavy (non-hydrogen) atoms. The van der Waals surface area contributed by atoms with Crippen LogP contribution in [0.5, 0.6) is 0 Å². The predicted molar refractivity (Wildman–Crippen MR) is 57.4 cm³/mol. The molecule has 1 aromatic heterocycles. The van der Waals surface area contributed by atoms with Crippen molar-refractivity contribution in [2.75, 3.05) is 6.54 Å². The molecule has 0 aliphatic rings. The standard InChI is InChI=1S/C8H12N2S2/c1-2-9-8(11)10-6-7-4-3-5-12-7/h3-5H,2,6H2,1H3,(H2,9,10,11). The van der Waals surface area contributed by atoms with Crippen LogP contribution in [-0.4, -0.2) is 11.7 Å². The number of hydrogen-bond donors (Lipinski definition) is 2. The highest BCUT2D eigenvalue weighted by atomic mass is 32.1. The molecule has 0 atom stereocenters. The zero-order chi connectivity index (χ0) is 8.81. The highest BCUT2D eigenvalue weighted by Gasteiger charge is 1.94. The van der Waals surface area contributed by atoms with Crippen LogP contribution in [0.2, 0.25) is 0 Å². The van der Waals surface area contributed by atoms with Gasteiger partial charge in [-0.3, -0.25) is 0 Å². The van der Waals surface area contributed by atoms with Crippen LogP contribution in [0.3, 0.4) is 0 Å². The van der Waals surface area contributed by atoms with Gasteiger partial charge in [-0.1, -0.05) is 6.07 Å². The van der Waals surface area contributed by atoms with Crippen LogP contribution < -0.4 is 10.6 Å². The van der Waals surface area contributed by atoms with E-state index in [0.717, 1.165) is 18.2 Å². The molecule has 1 aromatic rings. The van der Waals surface area contributed by atoms with E-state index >= 15 is 0 Å². The monoisotopic (exact) mass is 200 g/mol. The largest absolute Gasteiger partial charge is 0.363 e. The van der Waals surface area contributed by atoms with Crippen molar-refractivity contribution in [1.82, 2.24) is 10.6 Å². The minimum Gasteiger partial charge on any atom is -0.363 e. The van der Waals surface area contributed by atoms with Crippen LogP contribution >= 0.6 is 23.6 Å². The molecule has 0 unspecified atom stereocenters. The molecule has 4 heteroatoms. The molecule has 0 fully saturated rings. The smallest absolute Gasteiger partial charge is 0.166 e. The molecule has 0 bridgehead atoms. The van der Waals surface area contributed by atoms with Crippen LogP contribution in [0, 0.1) is 0 Å². The molecule has 0 spiro atoms. The van der Waals surface area contributed by atoms with E-state index in [1.165, 1.54) is 4.88 Å². The molecule has 1 heterocycles. The van der Waals surface area contributed by atoms with Gasteiger partial charge < -0.3 is 10.6 Å². The summed E-state index contributed by atoms with van der Waals surface area (Å²) in [6.45, 7) is 3.72. The van der Waals surface area contributed by atoms with Crippen LogP contribution in [-0.2, 0) is 6.54 Å². The highest BCUT2D eigenvalue weighted by Crippen LogP contribution is 2.06. The average Bonchev–Trinajstić information content (AvgIpc) is 2.53. The first-order valence-electron chi connectivity index (χ1n) is 3.87. The van der Waals surface area contributed by atoms with Crippen LogP contribution in [0.1, 0.15) is 11.8 Å². The minimum absolute atomic E-state index is 0.728. The molecular formula is C8H12N2S2. The summed E-state index contributed by atoms with van der Waals surface area (Å²) in [6.07, 6.45) is 0. The Kier molecular flexibility index (Phi) is 4.04. The lowest BCUT2D eigenvalue weighted by atomic mass is 10.5. The fourth-order valence-electron chi connectivity index (χ4n) is 0.804. The van der Waals surface area contributed by atoms with Gasteiger partial charge in [0.1, 0.15) is 0 Å². The average molecular weight is 200 g/mol. The summed E-state index contributed by atoms with van der Waals surface area (Å²) in [6, 6.07) is 4.13.